The maximum atomic E-state index is 12.6. The minimum atomic E-state index is 0.127. The predicted octanol–water partition coefficient (Wildman–Crippen LogP) is 1.59. The highest BCUT2D eigenvalue weighted by molar-refractivity contribution is 7.07. The molecule has 6 heteroatoms. The van der Waals surface area contributed by atoms with Crippen molar-refractivity contribution in [3.05, 3.63) is 10.6 Å². The van der Waals surface area contributed by atoms with Gasteiger partial charge in [-0.3, -0.25) is 4.79 Å². The molecule has 2 aliphatic rings. The van der Waals surface area contributed by atoms with Crippen LogP contribution in [0.1, 0.15) is 47.5 Å². The average molecular weight is 280 g/mol. The van der Waals surface area contributed by atoms with Gasteiger partial charge in [-0.2, -0.15) is 0 Å². The van der Waals surface area contributed by atoms with Gasteiger partial charge < -0.3 is 10.2 Å². The van der Waals surface area contributed by atoms with Crippen molar-refractivity contribution in [2.24, 2.45) is 0 Å². The summed E-state index contributed by atoms with van der Waals surface area (Å²) in [5.41, 5.74) is 0.761. The highest BCUT2D eigenvalue weighted by Gasteiger charge is 2.35. The van der Waals surface area contributed by atoms with Gasteiger partial charge in [-0.1, -0.05) is 10.9 Å². The summed E-state index contributed by atoms with van der Waals surface area (Å²) in [7, 11) is 0. The molecule has 1 amide bonds. The van der Waals surface area contributed by atoms with E-state index in [1.165, 1.54) is 30.8 Å². The van der Waals surface area contributed by atoms with E-state index in [2.05, 4.69) is 14.9 Å². The molecule has 5 nitrogen and oxygen atoms in total. The van der Waals surface area contributed by atoms with Gasteiger partial charge in [0.05, 0.1) is 5.69 Å². The molecule has 3 rings (SSSR count). The Hall–Kier alpha value is -1.01. The van der Waals surface area contributed by atoms with Crippen molar-refractivity contribution in [3.63, 3.8) is 0 Å². The molecule has 1 aromatic rings. The molecule has 0 spiro atoms. The largest absolute Gasteiger partial charge is 0.333 e. The van der Waals surface area contributed by atoms with Gasteiger partial charge in [0.2, 0.25) is 0 Å². The summed E-state index contributed by atoms with van der Waals surface area (Å²) in [6.45, 7) is 3.78. The maximum Gasteiger partial charge on any atom is 0.267 e. The van der Waals surface area contributed by atoms with E-state index < -0.39 is 0 Å². The summed E-state index contributed by atoms with van der Waals surface area (Å²) in [5.74, 6) is 0.127. The first kappa shape index (κ1) is 13.0. The van der Waals surface area contributed by atoms with Crippen LogP contribution in [0.5, 0.6) is 0 Å². The van der Waals surface area contributed by atoms with Gasteiger partial charge in [0.15, 0.2) is 0 Å². The normalized spacial score (nSPS) is 23.3. The summed E-state index contributed by atoms with van der Waals surface area (Å²) in [6.07, 6.45) is 5.99. The number of aryl methyl sites for hydroxylation is 1. The van der Waals surface area contributed by atoms with E-state index in [0.717, 1.165) is 31.6 Å². The molecule has 1 unspecified atom stereocenters. The van der Waals surface area contributed by atoms with Gasteiger partial charge in [0.1, 0.15) is 4.88 Å². The van der Waals surface area contributed by atoms with Crippen LogP contribution in [0.15, 0.2) is 0 Å². The van der Waals surface area contributed by atoms with Crippen LogP contribution >= 0.6 is 11.5 Å². The van der Waals surface area contributed by atoms with Gasteiger partial charge in [0.25, 0.3) is 5.91 Å². The average Bonchev–Trinajstić information content (AvgIpc) is 3.18. The fourth-order valence-electron chi connectivity index (χ4n) is 2.66. The van der Waals surface area contributed by atoms with E-state index in [4.69, 9.17) is 0 Å². The van der Waals surface area contributed by atoms with Crippen LogP contribution in [0.2, 0.25) is 0 Å². The summed E-state index contributed by atoms with van der Waals surface area (Å²) < 4.78 is 3.88. The Bertz CT molecular complexity index is 451. The lowest BCUT2D eigenvalue weighted by atomic mass is 10.0. The van der Waals surface area contributed by atoms with E-state index >= 15 is 0 Å². The first-order valence-corrected chi connectivity index (χ1v) is 7.86. The molecular weight excluding hydrogens is 260 g/mol. The van der Waals surface area contributed by atoms with Crippen molar-refractivity contribution < 1.29 is 4.79 Å². The predicted molar refractivity (Wildman–Crippen MR) is 74.3 cm³/mol. The fraction of sp³-hybridized carbons (Fsp3) is 0.769. The Morgan fingerprint density at radius 2 is 2.26 bits per heavy atom. The van der Waals surface area contributed by atoms with Crippen molar-refractivity contribution in [2.75, 3.05) is 13.1 Å². The number of carbonyl (C=O) groups is 1. The van der Waals surface area contributed by atoms with E-state index in [-0.39, 0.29) is 5.91 Å². The second kappa shape index (κ2) is 5.54. The highest BCUT2D eigenvalue weighted by atomic mass is 32.1. The number of carbonyl (C=O) groups excluding carboxylic acids is 1. The van der Waals surface area contributed by atoms with Gasteiger partial charge in [0, 0.05) is 18.6 Å². The molecule has 19 heavy (non-hydrogen) atoms. The molecule has 1 saturated heterocycles. The van der Waals surface area contributed by atoms with E-state index in [0.29, 0.717) is 17.0 Å². The molecule has 1 N–H and O–H groups in total. The number of nitrogens with zero attached hydrogens (tertiary/aromatic N) is 3. The zero-order chi connectivity index (χ0) is 13.2. The molecular formula is C13H20N4OS. The Morgan fingerprint density at radius 3 is 2.84 bits per heavy atom. The Morgan fingerprint density at radius 1 is 1.42 bits per heavy atom. The number of amides is 1. The van der Waals surface area contributed by atoms with Crippen molar-refractivity contribution >= 4 is 17.4 Å². The van der Waals surface area contributed by atoms with Crippen molar-refractivity contribution in [3.8, 4) is 0 Å². The van der Waals surface area contributed by atoms with Gasteiger partial charge in [-0.05, 0) is 50.7 Å². The van der Waals surface area contributed by atoms with Gasteiger partial charge in [-0.25, -0.2) is 0 Å². The van der Waals surface area contributed by atoms with Crippen LogP contribution in [-0.4, -0.2) is 45.6 Å². The SMILES string of the molecule is Cc1nnsc1C(=O)N(CC1CCCCN1)C1CC1. The molecule has 0 aromatic carbocycles. The molecule has 2 heterocycles. The quantitative estimate of drug-likeness (QED) is 0.910. The lowest BCUT2D eigenvalue weighted by Crippen LogP contribution is -2.46. The number of rotatable bonds is 4. The van der Waals surface area contributed by atoms with Crippen LogP contribution in [0.4, 0.5) is 0 Å². The molecule has 0 bridgehead atoms. The highest BCUT2D eigenvalue weighted by Crippen LogP contribution is 2.30. The zero-order valence-corrected chi connectivity index (χ0v) is 12.1. The number of hydrogen-bond donors (Lipinski definition) is 1. The summed E-state index contributed by atoms with van der Waals surface area (Å²) >= 11 is 1.22. The summed E-state index contributed by atoms with van der Waals surface area (Å²) in [4.78, 5) is 15.4. The van der Waals surface area contributed by atoms with E-state index in [9.17, 15) is 4.79 Å². The van der Waals surface area contributed by atoms with Crippen LogP contribution < -0.4 is 5.32 Å². The van der Waals surface area contributed by atoms with Crippen molar-refractivity contribution in [1.29, 1.82) is 0 Å². The van der Waals surface area contributed by atoms with E-state index in [1.54, 1.807) is 0 Å². The number of piperidine rings is 1. The topological polar surface area (TPSA) is 58.1 Å². The van der Waals surface area contributed by atoms with E-state index in [1.807, 2.05) is 11.8 Å². The molecule has 1 saturated carbocycles. The summed E-state index contributed by atoms with van der Waals surface area (Å²) in [6, 6.07) is 0.900. The molecule has 1 atom stereocenters. The van der Waals surface area contributed by atoms with Crippen LogP contribution in [-0.2, 0) is 0 Å². The van der Waals surface area contributed by atoms with Crippen LogP contribution in [0.3, 0.4) is 0 Å². The molecule has 0 radical (unpaired) electrons. The first-order chi connectivity index (χ1) is 9.25. The van der Waals surface area contributed by atoms with Crippen molar-refractivity contribution in [2.45, 2.75) is 51.1 Å². The molecule has 1 aliphatic carbocycles. The molecule has 2 fully saturated rings. The second-order valence-electron chi connectivity index (χ2n) is 5.52. The third kappa shape index (κ3) is 2.95. The number of hydrogen-bond acceptors (Lipinski definition) is 5. The van der Waals surface area contributed by atoms with Gasteiger partial charge in [-0.15, -0.1) is 5.10 Å². The smallest absolute Gasteiger partial charge is 0.267 e. The van der Waals surface area contributed by atoms with Crippen LogP contribution in [0.25, 0.3) is 0 Å². The third-order valence-electron chi connectivity index (χ3n) is 3.92. The third-order valence-corrected chi connectivity index (χ3v) is 4.74. The second-order valence-corrected chi connectivity index (χ2v) is 6.28. The minimum Gasteiger partial charge on any atom is -0.333 e. The number of aromatic nitrogens is 2. The summed E-state index contributed by atoms with van der Waals surface area (Å²) in [5, 5.41) is 7.48. The van der Waals surface area contributed by atoms with Crippen LogP contribution in [0, 0.1) is 6.92 Å². The monoisotopic (exact) mass is 280 g/mol. The Labute approximate surface area is 117 Å². The first-order valence-electron chi connectivity index (χ1n) is 7.09. The molecule has 104 valence electrons. The zero-order valence-electron chi connectivity index (χ0n) is 11.3. The van der Waals surface area contributed by atoms with Gasteiger partial charge >= 0.3 is 0 Å². The Balaban J connectivity index is 1.70. The lowest BCUT2D eigenvalue weighted by molar-refractivity contribution is 0.0722. The van der Waals surface area contributed by atoms with Crippen molar-refractivity contribution in [1.82, 2.24) is 19.8 Å². The molecule has 1 aromatic heterocycles. The lowest BCUT2D eigenvalue weighted by Gasteiger charge is -2.30. The number of nitrogens with one attached hydrogen (secondary N) is 1. The maximum absolute atomic E-state index is 12.6. The fourth-order valence-corrected chi connectivity index (χ4v) is 3.27. The standard InChI is InChI=1S/C13H20N4OS/c1-9-12(19-16-15-9)13(18)17(11-5-6-11)8-10-4-2-3-7-14-10/h10-11,14H,2-8H2,1H3. The Kier molecular flexibility index (Phi) is 3.79. The minimum absolute atomic E-state index is 0.127. The molecule has 1 aliphatic heterocycles.